The van der Waals surface area contributed by atoms with Gasteiger partial charge in [0.25, 0.3) is 0 Å². The van der Waals surface area contributed by atoms with Crippen LogP contribution in [0.1, 0.15) is 11.6 Å². The van der Waals surface area contributed by atoms with Crippen LogP contribution in [0.15, 0.2) is 18.2 Å². The van der Waals surface area contributed by atoms with Crippen molar-refractivity contribution in [3.8, 4) is 5.75 Å². The van der Waals surface area contributed by atoms with Gasteiger partial charge in [-0.15, -0.1) is 0 Å². The van der Waals surface area contributed by atoms with E-state index < -0.39 is 5.82 Å². The van der Waals surface area contributed by atoms with Crippen molar-refractivity contribution in [2.24, 2.45) is 0 Å². The minimum absolute atomic E-state index is 0.112. The minimum Gasteiger partial charge on any atom is -0.505 e. The van der Waals surface area contributed by atoms with Crippen molar-refractivity contribution < 1.29 is 14.2 Å². The maximum Gasteiger partial charge on any atom is 0.165 e. The zero-order valence-electron chi connectivity index (χ0n) is 7.66. The molecule has 0 aliphatic carbocycles. The van der Waals surface area contributed by atoms with Crippen molar-refractivity contribution in [1.82, 2.24) is 5.32 Å². The monoisotopic (exact) mass is 197 g/mol. The van der Waals surface area contributed by atoms with Crippen molar-refractivity contribution in [2.45, 2.75) is 6.04 Å². The van der Waals surface area contributed by atoms with E-state index in [1.165, 1.54) is 6.07 Å². The number of morpholine rings is 1. The van der Waals surface area contributed by atoms with E-state index in [4.69, 9.17) is 4.74 Å². The van der Waals surface area contributed by atoms with E-state index in [0.29, 0.717) is 18.8 Å². The van der Waals surface area contributed by atoms with E-state index in [9.17, 15) is 9.50 Å². The van der Waals surface area contributed by atoms with Gasteiger partial charge in [0.15, 0.2) is 11.6 Å². The molecule has 0 amide bonds. The highest BCUT2D eigenvalue weighted by molar-refractivity contribution is 5.36. The molecule has 0 saturated carbocycles. The molecule has 3 nitrogen and oxygen atoms in total. The SMILES string of the molecule is Oc1c(F)cccc1[C@H]1COCCN1. The minimum atomic E-state index is -0.588. The Labute approximate surface area is 81.5 Å². The third-order valence-electron chi connectivity index (χ3n) is 2.32. The number of aromatic hydroxyl groups is 1. The van der Waals surface area contributed by atoms with Gasteiger partial charge in [0, 0.05) is 12.1 Å². The van der Waals surface area contributed by atoms with E-state index in [2.05, 4.69) is 5.32 Å². The predicted molar refractivity (Wildman–Crippen MR) is 49.6 cm³/mol. The van der Waals surface area contributed by atoms with Crippen LogP contribution in [0, 0.1) is 5.82 Å². The first-order valence-corrected chi connectivity index (χ1v) is 4.57. The second-order valence-corrected chi connectivity index (χ2v) is 3.26. The molecule has 0 unspecified atom stereocenters. The van der Waals surface area contributed by atoms with E-state index in [1.54, 1.807) is 12.1 Å². The third-order valence-corrected chi connectivity index (χ3v) is 2.32. The highest BCUT2D eigenvalue weighted by atomic mass is 19.1. The van der Waals surface area contributed by atoms with E-state index in [-0.39, 0.29) is 11.8 Å². The number of ether oxygens (including phenoxy) is 1. The molecule has 0 aromatic heterocycles. The van der Waals surface area contributed by atoms with Gasteiger partial charge in [-0.05, 0) is 6.07 Å². The largest absolute Gasteiger partial charge is 0.505 e. The van der Waals surface area contributed by atoms with Gasteiger partial charge < -0.3 is 15.2 Å². The fourth-order valence-corrected chi connectivity index (χ4v) is 1.58. The van der Waals surface area contributed by atoms with Gasteiger partial charge in [0.2, 0.25) is 0 Å². The predicted octanol–water partition coefficient (Wildman–Crippen LogP) is 1.19. The zero-order valence-corrected chi connectivity index (χ0v) is 7.66. The second-order valence-electron chi connectivity index (χ2n) is 3.26. The van der Waals surface area contributed by atoms with Crippen molar-refractivity contribution in [3.05, 3.63) is 29.6 Å². The van der Waals surface area contributed by atoms with Crippen LogP contribution in [0.5, 0.6) is 5.75 Å². The Kier molecular flexibility index (Phi) is 2.65. The summed E-state index contributed by atoms with van der Waals surface area (Å²) in [6.45, 7) is 1.85. The van der Waals surface area contributed by atoms with Gasteiger partial charge in [-0.25, -0.2) is 4.39 Å². The number of benzene rings is 1. The average Bonchev–Trinajstić information content (AvgIpc) is 2.23. The fraction of sp³-hybridized carbons (Fsp3) is 0.400. The van der Waals surface area contributed by atoms with Crippen LogP contribution in [0.2, 0.25) is 0 Å². The lowest BCUT2D eigenvalue weighted by molar-refractivity contribution is 0.0759. The summed E-state index contributed by atoms with van der Waals surface area (Å²) >= 11 is 0. The third kappa shape index (κ3) is 1.71. The molecule has 1 heterocycles. The maximum absolute atomic E-state index is 13.0. The Bertz CT molecular complexity index is 324. The summed E-state index contributed by atoms with van der Waals surface area (Å²) in [4.78, 5) is 0. The van der Waals surface area contributed by atoms with Crippen LogP contribution in [0.4, 0.5) is 4.39 Å². The number of phenolic OH excluding ortho intramolecular Hbond substituents is 1. The number of hydrogen-bond acceptors (Lipinski definition) is 3. The van der Waals surface area contributed by atoms with E-state index in [1.807, 2.05) is 0 Å². The number of para-hydroxylation sites is 1. The molecule has 1 saturated heterocycles. The van der Waals surface area contributed by atoms with Gasteiger partial charge >= 0.3 is 0 Å². The first-order valence-electron chi connectivity index (χ1n) is 4.57. The smallest absolute Gasteiger partial charge is 0.165 e. The molecule has 2 N–H and O–H groups in total. The number of phenols is 1. The van der Waals surface area contributed by atoms with E-state index >= 15 is 0 Å². The molecule has 1 aromatic carbocycles. The van der Waals surface area contributed by atoms with Crippen LogP contribution in [0.25, 0.3) is 0 Å². The number of rotatable bonds is 1. The highest BCUT2D eigenvalue weighted by Crippen LogP contribution is 2.27. The van der Waals surface area contributed by atoms with Crippen molar-refractivity contribution in [3.63, 3.8) is 0 Å². The van der Waals surface area contributed by atoms with Crippen LogP contribution in [-0.2, 0) is 4.74 Å². The molecule has 0 spiro atoms. The Morgan fingerprint density at radius 3 is 3.07 bits per heavy atom. The lowest BCUT2D eigenvalue weighted by Crippen LogP contribution is -2.34. The Morgan fingerprint density at radius 1 is 1.50 bits per heavy atom. The van der Waals surface area contributed by atoms with Gasteiger partial charge in [0.05, 0.1) is 19.3 Å². The molecular formula is C10H12FNO2. The molecule has 1 atom stereocenters. The quantitative estimate of drug-likeness (QED) is 0.710. The molecule has 14 heavy (non-hydrogen) atoms. The summed E-state index contributed by atoms with van der Waals surface area (Å²) in [7, 11) is 0. The number of hydrogen-bond donors (Lipinski definition) is 2. The lowest BCUT2D eigenvalue weighted by atomic mass is 10.1. The molecule has 76 valence electrons. The molecule has 0 bridgehead atoms. The summed E-state index contributed by atoms with van der Waals surface area (Å²) in [6.07, 6.45) is 0. The summed E-state index contributed by atoms with van der Waals surface area (Å²) < 4.78 is 18.3. The highest BCUT2D eigenvalue weighted by Gasteiger charge is 2.19. The van der Waals surface area contributed by atoms with Gasteiger partial charge in [-0.2, -0.15) is 0 Å². The fourth-order valence-electron chi connectivity index (χ4n) is 1.58. The van der Waals surface area contributed by atoms with Gasteiger partial charge in [-0.3, -0.25) is 0 Å². The second kappa shape index (κ2) is 3.94. The normalized spacial score (nSPS) is 22.2. The van der Waals surface area contributed by atoms with Gasteiger partial charge in [-0.1, -0.05) is 12.1 Å². The Morgan fingerprint density at radius 2 is 2.36 bits per heavy atom. The molecule has 0 radical (unpaired) electrons. The summed E-state index contributed by atoms with van der Waals surface area (Å²) in [5.74, 6) is -0.870. The molecule has 1 aliphatic heterocycles. The first-order chi connectivity index (χ1) is 6.79. The van der Waals surface area contributed by atoms with Gasteiger partial charge in [0.1, 0.15) is 0 Å². The molecule has 1 aromatic rings. The average molecular weight is 197 g/mol. The van der Waals surface area contributed by atoms with E-state index in [0.717, 1.165) is 6.54 Å². The summed E-state index contributed by atoms with van der Waals surface area (Å²) in [5.41, 5.74) is 0.560. The standard InChI is InChI=1S/C10H12FNO2/c11-8-3-1-2-7(10(8)13)9-6-14-5-4-12-9/h1-3,9,12-13H,4-6H2/t9-/m1/s1. The first kappa shape index (κ1) is 9.43. The van der Waals surface area contributed by atoms with Crippen molar-refractivity contribution >= 4 is 0 Å². The van der Waals surface area contributed by atoms with Crippen LogP contribution in [0.3, 0.4) is 0 Å². The van der Waals surface area contributed by atoms with Crippen LogP contribution < -0.4 is 5.32 Å². The summed E-state index contributed by atoms with van der Waals surface area (Å²) in [6, 6.07) is 4.41. The Balaban J connectivity index is 2.26. The molecule has 4 heteroatoms. The van der Waals surface area contributed by atoms with Crippen LogP contribution >= 0.6 is 0 Å². The number of halogens is 1. The topological polar surface area (TPSA) is 41.5 Å². The zero-order chi connectivity index (χ0) is 9.97. The lowest BCUT2D eigenvalue weighted by Gasteiger charge is -2.24. The molecule has 2 rings (SSSR count). The molecule has 1 fully saturated rings. The Hall–Kier alpha value is -1.13. The molecule has 1 aliphatic rings. The summed E-state index contributed by atoms with van der Waals surface area (Å²) in [5, 5.41) is 12.6. The number of nitrogens with one attached hydrogen (secondary N) is 1. The molecular weight excluding hydrogens is 185 g/mol. The van der Waals surface area contributed by atoms with Crippen molar-refractivity contribution in [2.75, 3.05) is 19.8 Å². The van der Waals surface area contributed by atoms with Crippen LogP contribution in [-0.4, -0.2) is 24.9 Å². The maximum atomic E-state index is 13.0. The van der Waals surface area contributed by atoms with Crippen molar-refractivity contribution in [1.29, 1.82) is 0 Å².